The molecule has 3 saturated heterocycles. The van der Waals surface area contributed by atoms with Gasteiger partial charge in [-0.2, -0.15) is 0 Å². The van der Waals surface area contributed by atoms with Crippen molar-refractivity contribution < 1.29 is 14.0 Å². The van der Waals surface area contributed by atoms with Gasteiger partial charge < -0.3 is 9.16 Å². The van der Waals surface area contributed by atoms with Crippen LogP contribution in [0.5, 0.6) is 0 Å². The SMILES string of the molecule is CCOC(=O)N1C2CC3C[C@H]1C([C@H]2O[Si](c1ccccc1)(c1ccccc1)C(C)(C)C)N(Cc1ccccc1)C3. The molecule has 3 aliphatic heterocycles. The molecule has 5 atom stereocenters. The van der Waals surface area contributed by atoms with Gasteiger partial charge in [0, 0.05) is 13.1 Å². The third-order valence-electron chi connectivity index (χ3n) is 9.33. The molecule has 3 aromatic carbocycles. The lowest BCUT2D eigenvalue weighted by Gasteiger charge is -2.47. The number of hydrogen-bond acceptors (Lipinski definition) is 4. The summed E-state index contributed by atoms with van der Waals surface area (Å²) >= 11 is 0. The fourth-order valence-electron chi connectivity index (χ4n) is 7.85. The lowest BCUT2D eigenvalue weighted by Crippen LogP contribution is -2.69. The van der Waals surface area contributed by atoms with E-state index in [0.29, 0.717) is 12.5 Å². The molecule has 0 radical (unpaired) electrons. The van der Waals surface area contributed by atoms with Crippen LogP contribution < -0.4 is 10.4 Å². The lowest BCUT2D eigenvalue weighted by molar-refractivity contribution is 0.00795. The molecular formula is C34H42N2O3Si. The Kier molecular flexibility index (Phi) is 7.36. The van der Waals surface area contributed by atoms with E-state index in [0.717, 1.165) is 25.9 Å². The minimum absolute atomic E-state index is 0.00947. The molecule has 0 aliphatic carbocycles. The van der Waals surface area contributed by atoms with Crippen molar-refractivity contribution in [2.24, 2.45) is 5.92 Å². The van der Waals surface area contributed by atoms with Crippen LogP contribution in [0.4, 0.5) is 4.79 Å². The summed E-state index contributed by atoms with van der Waals surface area (Å²) in [5, 5.41) is 2.42. The van der Waals surface area contributed by atoms with Crippen LogP contribution in [0.1, 0.15) is 46.1 Å². The summed E-state index contributed by atoms with van der Waals surface area (Å²) in [7, 11) is -2.82. The van der Waals surface area contributed by atoms with Crippen LogP contribution in [0.2, 0.25) is 5.04 Å². The monoisotopic (exact) mass is 554 g/mol. The first-order chi connectivity index (χ1) is 19.3. The van der Waals surface area contributed by atoms with Crippen molar-refractivity contribution in [2.75, 3.05) is 13.2 Å². The van der Waals surface area contributed by atoms with Crippen molar-refractivity contribution in [1.82, 2.24) is 9.80 Å². The number of benzene rings is 3. The van der Waals surface area contributed by atoms with E-state index in [1.54, 1.807) is 0 Å². The number of amides is 1. The first kappa shape index (κ1) is 27.2. The van der Waals surface area contributed by atoms with Crippen molar-refractivity contribution in [3.63, 3.8) is 0 Å². The number of piperidine rings is 2. The zero-order valence-electron chi connectivity index (χ0n) is 24.2. The molecule has 3 unspecified atom stereocenters. The van der Waals surface area contributed by atoms with E-state index in [2.05, 4.69) is 122 Å². The molecule has 0 saturated carbocycles. The third-order valence-corrected chi connectivity index (χ3v) is 14.4. The number of carbonyl (C=O) groups excluding carboxylic acids is 1. The molecule has 3 aliphatic rings. The highest BCUT2D eigenvalue weighted by atomic mass is 28.4. The average molecular weight is 555 g/mol. The number of nitrogens with zero attached hydrogens (tertiary/aromatic N) is 2. The summed E-state index contributed by atoms with van der Waals surface area (Å²) in [4.78, 5) is 18.2. The maximum Gasteiger partial charge on any atom is 0.410 e. The second kappa shape index (κ2) is 10.8. The maximum atomic E-state index is 13.5. The molecule has 6 heteroatoms. The number of carbonyl (C=O) groups is 1. The molecule has 3 bridgehead atoms. The zero-order valence-corrected chi connectivity index (χ0v) is 25.2. The Balaban J connectivity index is 1.48. The molecular weight excluding hydrogens is 512 g/mol. The van der Waals surface area contributed by atoms with Crippen LogP contribution in [-0.4, -0.2) is 61.6 Å². The van der Waals surface area contributed by atoms with Crippen LogP contribution in [0.15, 0.2) is 91.0 Å². The van der Waals surface area contributed by atoms with Gasteiger partial charge in [0.2, 0.25) is 0 Å². The zero-order chi connectivity index (χ0) is 27.9. The third kappa shape index (κ3) is 4.60. The van der Waals surface area contributed by atoms with Gasteiger partial charge in [0.1, 0.15) is 0 Å². The van der Waals surface area contributed by atoms with Gasteiger partial charge in [0.25, 0.3) is 8.32 Å². The van der Waals surface area contributed by atoms with Crippen LogP contribution in [0.3, 0.4) is 0 Å². The molecule has 5 nitrogen and oxygen atoms in total. The van der Waals surface area contributed by atoms with Crippen LogP contribution in [-0.2, 0) is 15.7 Å². The molecule has 3 fully saturated rings. The minimum Gasteiger partial charge on any atom is -0.450 e. The Hall–Kier alpha value is -2.93. The number of ether oxygens (including phenoxy) is 1. The summed E-state index contributed by atoms with van der Waals surface area (Å²) in [6, 6.07) is 32.7. The van der Waals surface area contributed by atoms with Gasteiger partial charge in [-0.15, -0.1) is 0 Å². The summed E-state index contributed by atoms with van der Waals surface area (Å²) in [6.45, 7) is 11.2. The number of rotatable bonds is 7. The molecule has 0 aromatic heterocycles. The van der Waals surface area contributed by atoms with Crippen LogP contribution >= 0.6 is 0 Å². The van der Waals surface area contributed by atoms with E-state index in [-0.39, 0.29) is 35.4 Å². The summed E-state index contributed by atoms with van der Waals surface area (Å²) in [6.07, 6.45) is 1.69. The number of fused-ring (bicyclic) bond motifs is 2. The molecule has 40 heavy (non-hydrogen) atoms. The van der Waals surface area contributed by atoms with E-state index < -0.39 is 8.32 Å². The standard InChI is InChI=1S/C34H42N2O3Si/c1-5-38-33(37)36-29-21-26-22-30(36)32(31(29)35(24-26)23-25-15-9-6-10-16-25)39-40(34(2,3)4,27-17-11-7-12-18-27)28-19-13-8-14-20-28/h6-20,26,29-32H,5,21-24H2,1-4H3/t26?,29-,30?,31?,32-/m0/s1. The minimum atomic E-state index is -2.82. The van der Waals surface area contributed by atoms with Gasteiger partial charge in [-0.3, -0.25) is 9.80 Å². The van der Waals surface area contributed by atoms with Crippen molar-refractivity contribution >= 4 is 24.8 Å². The second-order valence-electron chi connectivity index (χ2n) is 12.7. The van der Waals surface area contributed by atoms with E-state index >= 15 is 0 Å². The van der Waals surface area contributed by atoms with Gasteiger partial charge in [-0.25, -0.2) is 4.79 Å². The molecule has 6 rings (SSSR count). The molecule has 3 aromatic rings. The first-order valence-electron chi connectivity index (χ1n) is 14.9. The lowest BCUT2D eigenvalue weighted by atomic mass is 9.86. The maximum absolute atomic E-state index is 13.5. The van der Waals surface area contributed by atoms with Crippen molar-refractivity contribution in [3.8, 4) is 0 Å². The Labute approximate surface area is 240 Å². The summed E-state index contributed by atoms with van der Waals surface area (Å²) in [5.74, 6) is 0.549. The van der Waals surface area contributed by atoms with E-state index in [1.165, 1.54) is 15.9 Å². The topological polar surface area (TPSA) is 42.0 Å². The second-order valence-corrected chi connectivity index (χ2v) is 17.0. The summed E-state index contributed by atoms with van der Waals surface area (Å²) < 4.78 is 13.5. The van der Waals surface area contributed by atoms with Gasteiger partial charge in [0.15, 0.2) is 0 Å². The van der Waals surface area contributed by atoms with Gasteiger partial charge in [-0.05, 0) is 46.7 Å². The fraction of sp³-hybridized carbons (Fsp3) is 0.441. The predicted molar refractivity (Wildman–Crippen MR) is 162 cm³/mol. The largest absolute Gasteiger partial charge is 0.450 e. The summed E-state index contributed by atoms with van der Waals surface area (Å²) in [5.41, 5.74) is 1.30. The molecule has 3 heterocycles. The Bertz CT molecular complexity index is 1260. The average Bonchev–Trinajstić information content (AvgIpc) is 3.07. The van der Waals surface area contributed by atoms with Crippen molar-refractivity contribution in [2.45, 2.75) is 76.3 Å². The number of likely N-dealkylation sites (tertiary alicyclic amines) is 1. The highest BCUT2D eigenvalue weighted by Crippen LogP contribution is 2.50. The fourth-order valence-corrected chi connectivity index (χ4v) is 12.6. The van der Waals surface area contributed by atoms with Gasteiger partial charge in [-0.1, -0.05) is 112 Å². The normalized spacial score (nSPS) is 26.2. The number of hydrogen-bond donors (Lipinski definition) is 0. The molecule has 210 valence electrons. The van der Waals surface area contributed by atoms with Gasteiger partial charge in [0.05, 0.1) is 30.8 Å². The quantitative estimate of drug-likeness (QED) is 0.365. The Morgan fingerprint density at radius 2 is 1.40 bits per heavy atom. The highest BCUT2D eigenvalue weighted by Gasteiger charge is 2.63. The van der Waals surface area contributed by atoms with E-state index in [1.807, 2.05) is 6.92 Å². The Morgan fingerprint density at radius 3 is 1.95 bits per heavy atom. The van der Waals surface area contributed by atoms with Crippen molar-refractivity contribution in [3.05, 3.63) is 96.6 Å². The molecule has 0 N–H and O–H groups in total. The Morgan fingerprint density at radius 1 is 0.850 bits per heavy atom. The first-order valence-corrected chi connectivity index (χ1v) is 16.8. The smallest absolute Gasteiger partial charge is 0.410 e. The van der Waals surface area contributed by atoms with Crippen LogP contribution in [0, 0.1) is 5.92 Å². The predicted octanol–water partition coefficient (Wildman–Crippen LogP) is 5.44. The van der Waals surface area contributed by atoms with Gasteiger partial charge >= 0.3 is 6.09 Å². The van der Waals surface area contributed by atoms with E-state index in [9.17, 15) is 4.79 Å². The highest BCUT2D eigenvalue weighted by molar-refractivity contribution is 6.99. The molecule has 0 spiro atoms. The van der Waals surface area contributed by atoms with Crippen molar-refractivity contribution in [1.29, 1.82) is 0 Å². The van der Waals surface area contributed by atoms with Crippen LogP contribution in [0.25, 0.3) is 0 Å². The molecule has 1 amide bonds. The van der Waals surface area contributed by atoms with E-state index in [4.69, 9.17) is 9.16 Å².